The topological polar surface area (TPSA) is 47.6 Å². The first-order chi connectivity index (χ1) is 13.6. The second kappa shape index (κ2) is 16.9. The zero-order valence-corrected chi connectivity index (χ0v) is 20.5. The molecule has 1 rings (SSSR count). The van der Waals surface area contributed by atoms with Gasteiger partial charge in [-0.3, -0.25) is 4.79 Å². The van der Waals surface area contributed by atoms with Crippen LogP contribution in [0, 0.1) is 5.92 Å². The van der Waals surface area contributed by atoms with Crippen molar-refractivity contribution in [2.24, 2.45) is 5.92 Å². The summed E-state index contributed by atoms with van der Waals surface area (Å²) < 4.78 is 12.0. The Morgan fingerprint density at radius 1 is 1.04 bits per heavy atom. The van der Waals surface area contributed by atoms with Gasteiger partial charge in [-0.2, -0.15) is 0 Å². The summed E-state index contributed by atoms with van der Waals surface area (Å²) in [7, 11) is -2.12. The second-order valence-electron chi connectivity index (χ2n) is 8.40. The van der Waals surface area contributed by atoms with E-state index in [2.05, 4.69) is 25.9 Å². The number of nitrogens with one attached hydrogen (secondary N) is 1. The third-order valence-electron chi connectivity index (χ3n) is 5.69. The van der Waals surface area contributed by atoms with Gasteiger partial charge < -0.3 is 8.95 Å². The zero-order valence-electron chi connectivity index (χ0n) is 18.7. The summed E-state index contributed by atoms with van der Waals surface area (Å²) in [5.41, 5.74) is 3.15. The lowest BCUT2D eigenvalue weighted by Gasteiger charge is -2.31. The van der Waals surface area contributed by atoms with Crippen molar-refractivity contribution in [3.05, 3.63) is 0 Å². The smallest absolute Gasteiger partial charge is 0.355 e. The molecule has 0 aromatic carbocycles. The predicted molar refractivity (Wildman–Crippen MR) is 124 cm³/mol. The van der Waals surface area contributed by atoms with Gasteiger partial charge in [0.2, 0.25) is 0 Å². The molecule has 1 N–H and O–H groups in total. The molecular formula is C22H45NO3SSi. The Labute approximate surface area is 179 Å². The van der Waals surface area contributed by atoms with E-state index in [1.807, 2.05) is 0 Å². The number of thioether (sulfide) groups is 1. The first kappa shape index (κ1) is 26.2. The highest BCUT2D eigenvalue weighted by atomic mass is 32.2. The maximum atomic E-state index is 12.1. The van der Waals surface area contributed by atoms with Gasteiger partial charge in [-0.1, -0.05) is 83.4 Å². The fourth-order valence-electron chi connectivity index (χ4n) is 3.59. The van der Waals surface area contributed by atoms with Gasteiger partial charge in [0.25, 0.3) is 0 Å². The third-order valence-corrected chi connectivity index (χ3v) is 9.37. The van der Waals surface area contributed by atoms with Crippen molar-refractivity contribution in [2.45, 2.75) is 110 Å². The monoisotopic (exact) mass is 431 g/mol. The molecule has 2 atom stereocenters. The van der Waals surface area contributed by atoms with E-state index >= 15 is 0 Å². The van der Waals surface area contributed by atoms with E-state index in [4.69, 9.17) is 8.95 Å². The van der Waals surface area contributed by atoms with Crippen LogP contribution >= 0.6 is 11.8 Å². The van der Waals surface area contributed by atoms with Crippen molar-refractivity contribution in [3.8, 4) is 0 Å². The molecule has 1 aliphatic rings. The first-order valence-electron chi connectivity index (χ1n) is 11.8. The Bertz CT molecular complexity index is 388. The highest BCUT2D eigenvalue weighted by Crippen LogP contribution is 2.22. The third kappa shape index (κ3) is 13.4. The molecule has 6 heteroatoms. The van der Waals surface area contributed by atoms with Crippen molar-refractivity contribution in [1.29, 1.82) is 0 Å². The van der Waals surface area contributed by atoms with Gasteiger partial charge in [-0.05, 0) is 37.8 Å². The van der Waals surface area contributed by atoms with Crippen LogP contribution in [0.2, 0.25) is 12.6 Å². The molecule has 0 amide bonds. The van der Waals surface area contributed by atoms with Crippen molar-refractivity contribution in [2.75, 3.05) is 18.9 Å². The van der Waals surface area contributed by atoms with Crippen molar-refractivity contribution < 1.29 is 13.7 Å². The van der Waals surface area contributed by atoms with Crippen LogP contribution in [-0.4, -0.2) is 32.6 Å². The van der Waals surface area contributed by atoms with E-state index in [0.717, 1.165) is 57.1 Å². The summed E-state index contributed by atoms with van der Waals surface area (Å²) in [4.78, 5) is 12.1. The van der Waals surface area contributed by atoms with Crippen LogP contribution in [0.15, 0.2) is 0 Å². The van der Waals surface area contributed by atoms with Crippen molar-refractivity contribution in [3.63, 3.8) is 0 Å². The van der Waals surface area contributed by atoms with E-state index in [1.54, 1.807) is 0 Å². The summed E-state index contributed by atoms with van der Waals surface area (Å²) in [5, 5.41) is 0.359. The summed E-state index contributed by atoms with van der Waals surface area (Å²) in [6.45, 7) is 8.35. The molecule has 1 fully saturated rings. The van der Waals surface area contributed by atoms with Crippen LogP contribution in [0.4, 0.5) is 0 Å². The highest BCUT2D eigenvalue weighted by molar-refractivity contribution is 8.13. The van der Waals surface area contributed by atoms with Crippen LogP contribution in [0.5, 0.6) is 0 Å². The summed E-state index contributed by atoms with van der Waals surface area (Å²) >= 11 is 1.51. The minimum Gasteiger partial charge on any atom is -0.394 e. The Morgan fingerprint density at radius 2 is 1.71 bits per heavy atom. The molecule has 0 saturated carbocycles. The molecule has 28 heavy (non-hydrogen) atoms. The molecular weight excluding hydrogens is 386 g/mol. The standard InChI is InChI=1S/C22H45NO3SSi/c1-4-6-7-8-9-10-11-12-13-15-22(24)27-18-14-19-28(3)25-17-16-21(5-2)20-23-26-28/h21,23H,4-20H2,1-3H3. The number of carbonyl (C=O) groups is 1. The van der Waals surface area contributed by atoms with E-state index < -0.39 is 8.56 Å². The van der Waals surface area contributed by atoms with Gasteiger partial charge in [0, 0.05) is 25.3 Å². The van der Waals surface area contributed by atoms with Gasteiger partial charge in [-0.15, -0.1) is 0 Å². The molecule has 0 radical (unpaired) electrons. The number of hydroxylamine groups is 1. The number of hydrogen-bond acceptors (Lipinski definition) is 5. The lowest BCUT2D eigenvalue weighted by molar-refractivity contribution is -0.111. The number of rotatable bonds is 15. The fraction of sp³-hybridized carbons (Fsp3) is 0.955. The van der Waals surface area contributed by atoms with Gasteiger partial charge in [0.05, 0.1) is 0 Å². The molecule has 1 saturated heterocycles. The van der Waals surface area contributed by atoms with E-state index in [1.165, 1.54) is 63.1 Å². The molecule has 0 spiro atoms. The van der Waals surface area contributed by atoms with Crippen molar-refractivity contribution in [1.82, 2.24) is 5.48 Å². The SMILES string of the molecule is CCCCCCCCCCCC(=O)SCCC[Si]1(C)OCCC(CC)CNO1. The van der Waals surface area contributed by atoms with Crippen LogP contribution in [0.25, 0.3) is 0 Å². The van der Waals surface area contributed by atoms with E-state index in [-0.39, 0.29) is 0 Å². The number of carbonyl (C=O) groups excluding carboxylic acids is 1. The number of unbranched alkanes of at least 4 members (excludes halogenated alkanes) is 8. The molecule has 1 aliphatic heterocycles. The highest BCUT2D eigenvalue weighted by Gasteiger charge is 2.33. The van der Waals surface area contributed by atoms with Crippen LogP contribution in [-0.2, 0) is 13.7 Å². The average molecular weight is 432 g/mol. The van der Waals surface area contributed by atoms with Crippen LogP contribution in [0.1, 0.15) is 97.3 Å². The molecule has 0 aromatic rings. The lowest BCUT2D eigenvalue weighted by atomic mass is 10.0. The lowest BCUT2D eigenvalue weighted by Crippen LogP contribution is -2.47. The quantitative estimate of drug-likeness (QED) is 0.234. The van der Waals surface area contributed by atoms with Gasteiger partial charge >= 0.3 is 8.56 Å². The summed E-state index contributed by atoms with van der Waals surface area (Å²) in [6, 6.07) is 0.953. The Hall–Kier alpha value is 0.117. The summed E-state index contributed by atoms with van der Waals surface area (Å²) in [5.74, 6) is 1.54. The first-order valence-corrected chi connectivity index (χ1v) is 15.3. The molecule has 4 nitrogen and oxygen atoms in total. The second-order valence-corrected chi connectivity index (χ2v) is 12.8. The zero-order chi connectivity index (χ0) is 20.5. The Kier molecular flexibility index (Phi) is 15.8. The molecule has 0 bridgehead atoms. The van der Waals surface area contributed by atoms with E-state index in [9.17, 15) is 4.79 Å². The molecule has 1 heterocycles. The average Bonchev–Trinajstić information content (AvgIpc) is 2.67. The minimum absolute atomic E-state index is 0.359. The van der Waals surface area contributed by atoms with Gasteiger partial charge in [0.15, 0.2) is 5.12 Å². The molecule has 0 aromatic heterocycles. The van der Waals surface area contributed by atoms with Crippen molar-refractivity contribution >= 4 is 25.4 Å². The minimum atomic E-state index is -2.12. The maximum absolute atomic E-state index is 12.1. The Morgan fingerprint density at radius 3 is 2.39 bits per heavy atom. The molecule has 2 unspecified atom stereocenters. The number of hydrogen-bond donors (Lipinski definition) is 1. The van der Waals surface area contributed by atoms with Crippen LogP contribution in [0.3, 0.4) is 0 Å². The molecule has 0 aliphatic carbocycles. The summed E-state index contributed by atoms with van der Waals surface area (Å²) in [6.07, 6.45) is 15.7. The van der Waals surface area contributed by atoms with Gasteiger partial charge in [-0.25, -0.2) is 5.48 Å². The maximum Gasteiger partial charge on any atom is 0.355 e. The predicted octanol–water partition coefficient (Wildman–Crippen LogP) is 6.60. The fourth-order valence-corrected chi connectivity index (χ4v) is 6.71. The van der Waals surface area contributed by atoms with Gasteiger partial charge in [0.1, 0.15) is 0 Å². The Balaban J connectivity index is 1.98. The van der Waals surface area contributed by atoms with E-state index in [0.29, 0.717) is 11.0 Å². The normalized spacial score (nSPS) is 23.3. The molecule has 166 valence electrons. The van der Waals surface area contributed by atoms with Crippen LogP contribution < -0.4 is 5.48 Å². The largest absolute Gasteiger partial charge is 0.394 e.